The number of aliphatic hydroxyl groups excluding tert-OH is 1. The van der Waals surface area contributed by atoms with Crippen LogP contribution in [0.2, 0.25) is 0 Å². The number of hydroxylamine groups is 2. The highest BCUT2D eigenvalue weighted by Crippen LogP contribution is 2.39. The fourth-order valence-corrected chi connectivity index (χ4v) is 5.96. The van der Waals surface area contributed by atoms with Gasteiger partial charge in [0, 0.05) is 12.0 Å². The number of rotatable bonds is 9. The van der Waals surface area contributed by atoms with Gasteiger partial charge in [-0.05, 0) is 65.5 Å². The number of benzene rings is 2. The summed E-state index contributed by atoms with van der Waals surface area (Å²) in [5, 5.41) is 27.1. The molecule has 4 unspecified atom stereocenters. The Morgan fingerprint density at radius 1 is 1.16 bits per heavy atom. The molecule has 1 saturated carbocycles. The lowest BCUT2D eigenvalue weighted by Crippen LogP contribution is -2.52. The minimum Gasteiger partial charge on any atom is -0.478 e. The molecule has 2 fully saturated rings. The number of carboxylic acid groups (broad SMARTS) is 1. The monoisotopic (exact) mass is 523 g/mol. The number of nitrogens with zero attached hydrogens (tertiary/aromatic N) is 2. The fourth-order valence-electron chi connectivity index (χ4n) is 5.96. The maximum atomic E-state index is 13.6. The zero-order valence-electron chi connectivity index (χ0n) is 22.2. The average molecular weight is 524 g/mol. The van der Waals surface area contributed by atoms with Crippen molar-refractivity contribution >= 4 is 11.9 Å². The predicted octanol–water partition coefficient (Wildman–Crippen LogP) is 4.24. The number of nitrogens with one attached hydrogen (secondary N) is 1. The lowest BCUT2D eigenvalue weighted by Gasteiger charge is -2.40. The first kappa shape index (κ1) is 27.9. The normalized spacial score (nSPS) is 27.1. The first-order chi connectivity index (χ1) is 18.1. The molecule has 0 spiro atoms. The summed E-state index contributed by atoms with van der Waals surface area (Å²) >= 11 is 0. The van der Waals surface area contributed by atoms with E-state index in [-0.39, 0.29) is 42.6 Å². The SMILES string of the molecule is CC1CC(C)(C)CC[C@@H]1NC(=O)C1C(CN=O)C(CO)ON1Cc1cccc(-c2cccc(C(=O)O)c2)c1. The molecule has 204 valence electrons. The molecule has 0 radical (unpaired) electrons. The Morgan fingerprint density at radius 3 is 2.53 bits per heavy atom. The quantitative estimate of drug-likeness (QED) is 0.419. The van der Waals surface area contributed by atoms with Crippen LogP contribution in [-0.4, -0.2) is 58.5 Å². The van der Waals surface area contributed by atoms with Gasteiger partial charge < -0.3 is 15.5 Å². The molecule has 1 saturated heterocycles. The Labute approximate surface area is 223 Å². The summed E-state index contributed by atoms with van der Waals surface area (Å²) < 4.78 is 0. The molecule has 4 rings (SSSR count). The second-order valence-corrected chi connectivity index (χ2v) is 11.4. The van der Waals surface area contributed by atoms with E-state index in [1.54, 1.807) is 23.3 Å². The van der Waals surface area contributed by atoms with Gasteiger partial charge in [-0.2, -0.15) is 9.97 Å². The molecule has 2 aromatic rings. The van der Waals surface area contributed by atoms with Gasteiger partial charge in [0.1, 0.15) is 12.1 Å². The van der Waals surface area contributed by atoms with E-state index in [0.717, 1.165) is 36.0 Å². The van der Waals surface area contributed by atoms with E-state index in [0.29, 0.717) is 5.92 Å². The molecule has 9 heteroatoms. The minimum absolute atomic E-state index is 0.0280. The number of aliphatic hydroxyl groups is 1. The van der Waals surface area contributed by atoms with Crippen molar-refractivity contribution in [2.24, 2.45) is 22.4 Å². The summed E-state index contributed by atoms with van der Waals surface area (Å²) in [6.07, 6.45) is 2.19. The van der Waals surface area contributed by atoms with Gasteiger partial charge in [0.05, 0.1) is 25.3 Å². The van der Waals surface area contributed by atoms with Crippen molar-refractivity contribution in [1.82, 2.24) is 10.4 Å². The van der Waals surface area contributed by atoms with Crippen LogP contribution in [0, 0.1) is 22.2 Å². The summed E-state index contributed by atoms with van der Waals surface area (Å²) in [6.45, 7) is 6.41. The topological polar surface area (TPSA) is 129 Å². The van der Waals surface area contributed by atoms with Crippen molar-refractivity contribution in [3.63, 3.8) is 0 Å². The van der Waals surface area contributed by atoms with Crippen molar-refractivity contribution in [3.8, 4) is 11.1 Å². The number of hydrogen-bond donors (Lipinski definition) is 3. The molecular formula is C29H37N3O6. The van der Waals surface area contributed by atoms with Gasteiger partial charge in [0.2, 0.25) is 5.91 Å². The van der Waals surface area contributed by atoms with E-state index in [9.17, 15) is 24.7 Å². The highest BCUT2D eigenvalue weighted by molar-refractivity contribution is 5.89. The van der Waals surface area contributed by atoms with Crippen LogP contribution in [-0.2, 0) is 16.2 Å². The summed E-state index contributed by atoms with van der Waals surface area (Å²) in [5.41, 5.74) is 2.86. The molecule has 1 aliphatic heterocycles. The van der Waals surface area contributed by atoms with E-state index >= 15 is 0 Å². The highest BCUT2D eigenvalue weighted by Gasteiger charge is 2.48. The van der Waals surface area contributed by atoms with Crippen molar-refractivity contribution in [3.05, 3.63) is 64.6 Å². The van der Waals surface area contributed by atoms with Crippen LogP contribution in [0.25, 0.3) is 11.1 Å². The van der Waals surface area contributed by atoms with Crippen LogP contribution in [0.5, 0.6) is 0 Å². The Morgan fingerprint density at radius 2 is 1.87 bits per heavy atom. The lowest BCUT2D eigenvalue weighted by atomic mass is 9.70. The summed E-state index contributed by atoms with van der Waals surface area (Å²) in [5.74, 6) is -1.49. The van der Waals surface area contributed by atoms with Gasteiger partial charge in [-0.15, -0.1) is 0 Å². The molecule has 3 N–H and O–H groups in total. The van der Waals surface area contributed by atoms with Gasteiger partial charge in [-0.3, -0.25) is 9.63 Å². The molecule has 1 heterocycles. The van der Waals surface area contributed by atoms with E-state index in [2.05, 4.69) is 31.3 Å². The number of carboxylic acids is 1. The smallest absolute Gasteiger partial charge is 0.335 e. The standard InChI is InChI=1S/C29H37N3O6/c1-18-14-29(2,3)11-10-24(18)31-27(34)26-23(15-30-37)25(17-33)38-32(26)16-19-6-4-7-20(12-19)21-8-5-9-22(13-21)28(35)36/h4-9,12-13,18,23-26,33H,10-11,14-17H2,1-3H3,(H,31,34)(H,35,36)/t18?,23?,24-,25?,26?/m0/s1. The van der Waals surface area contributed by atoms with Gasteiger partial charge in [-0.1, -0.05) is 56.3 Å². The number of hydrogen-bond acceptors (Lipinski definition) is 7. The number of carbonyl (C=O) groups is 2. The predicted molar refractivity (Wildman–Crippen MR) is 143 cm³/mol. The van der Waals surface area contributed by atoms with Gasteiger partial charge in [0.25, 0.3) is 0 Å². The van der Waals surface area contributed by atoms with Crippen LogP contribution in [0.4, 0.5) is 0 Å². The Bertz CT molecular complexity index is 1170. The molecule has 0 aromatic heterocycles. The third kappa shape index (κ3) is 6.28. The largest absolute Gasteiger partial charge is 0.478 e. The van der Waals surface area contributed by atoms with Gasteiger partial charge in [0.15, 0.2) is 0 Å². The zero-order valence-corrected chi connectivity index (χ0v) is 22.2. The average Bonchev–Trinajstić information content (AvgIpc) is 3.22. The van der Waals surface area contributed by atoms with Gasteiger partial charge in [-0.25, -0.2) is 4.79 Å². The minimum atomic E-state index is -0.997. The van der Waals surface area contributed by atoms with Crippen LogP contribution in [0.1, 0.15) is 56.0 Å². The van der Waals surface area contributed by atoms with Crippen LogP contribution >= 0.6 is 0 Å². The van der Waals surface area contributed by atoms with Crippen LogP contribution < -0.4 is 5.32 Å². The van der Waals surface area contributed by atoms with Crippen molar-refractivity contribution in [2.45, 2.75) is 64.8 Å². The van der Waals surface area contributed by atoms with Crippen molar-refractivity contribution in [2.75, 3.05) is 13.2 Å². The maximum Gasteiger partial charge on any atom is 0.335 e. The third-order valence-corrected chi connectivity index (χ3v) is 7.93. The Kier molecular flexibility index (Phi) is 8.60. The van der Waals surface area contributed by atoms with Crippen LogP contribution in [0.3, 0.4) is 0 Å². The van der Waals surface area contributed by atoms with E-state index < -0.39 is 24.0 Å². The molecule has 2 aromatic carbocycles. The maximum absolute atomic E-state index is 13.6. The summed E-state index contributed by atoms with van der Waals surface area (Å²) in [6, 6.07) is 13.5. The molecule has 9 nitrogen and oxygen atoms in total. The molecule has 1 aliphatic carbocycles. The molecule has 0 bridgehead atoms. The second-order valence-electron chi connectivity index (χ2n) is 11.4. The third-order valence-electron chi connectivity index (χ3n) is 7.93. The van der Waals surface area contributed by atoms with Crippen molar-refractivity contribution in [1.29, 1.82) is 0 Å². The molecule has 5 atom stereocenters. The highest BCUT2D eigenvalue weighted by atomic mass is 16.7. The molecule has 2 aliphatic rings. The molecule has 1 amide bonds. The number of aromatic carboxylic acids is 1. The van der Waals surface area contributed by atoms with E-state index in [1.807, 2.05) is 30.3 Å². The van der Waals surface area contributed by atoms with E-state index in [4.69, 9.17) is 4.84 Å². The zero-order chi connectivity index (χ0) is 27.4. The van der Waals surface area contributed by atoms with Crippen LogP contribution in [0.15, 0.2) is 53.7 Å². The number of carbonyl (C=O) groups excluding carboxylic acids is 1. The van der Waals surface area contributed by atoms with Gasteiger partial charge >= 0.3 is 5.97 Å². The Balaban J connectivity index is 1.56. The fraction of sp³-hybridized carbons (Fsp3) is 0.517. The first-order valence-electron chi connectivity index (χ1n) is 13.2. The number of nitroso groups, excluding NO2 is 1. The van der Waals surface area contributed by atoms with E-state index in [1.165, 1.54) is 0 Å². The second kappa shape index (κ2) is 11.7. The lowest BCUT2D eigenvalue weighted by molar-refractivity contribution is -0.182. The molecule has 38 heavy (non-hydrogen) atoms. The Hall–Kier alpha value is -3.14. The number of amides is 1. The van der Waals surface area contributed by atoms with Crippen molar-refractivity contribution < 1.29 is 24.6 Å². The molecular weight excluding hydrogens is 486 g/mol. The first-order valence-corrected chi connectivity index (χ1v) is 13.2. The summed E-state index contributed by atoms with van der Waals surface area (Å²) in [4.78, 5) is 42.3. The summed E-state index contributed by atoms with van der Waals surface area (Å²) in [7, 11) is 0.